The Morgan fingerprint density at radius 2 is 1.00 bits per heavy atom. The van der Waals surface area contributed by atoms with Crippen LogP contribution in [0.25, 0.3) is 0 Å². The summed E-state index contributed by atoms with van der Waals surface area (Å²) in [6, 6.07) is 0. The van der Waals surface area contributed by atoms with Crippen LogP contribution in [0.1, 0.15) is 124 Å². The Morgan fingerprint density at radius 3 is 1.30 bits per heavy atom. The molecule has 0 saturated heterocycles. The summed E-state index contributed by atoms with van der Waals surface area (Å²) in [7, 11) is -3.76. The summed E-state index contributed by atoms with van der Waals surface area (Å²) in [5.74, 6) is 0. The van der Waals surface area contributed by atoms with Gasteiger partial charge in [0.1, 0.15) is 0 Å². The number of hydrogen-bond acceptors (Lipinski definition) is 4. The molecule has 0 aliphatic rings. The van der Waals surface area contributed by atoms with E-state index in [0.717, 1.165) is 19.3 Å². The molecule has 27 heavy (non-hydrogen) atoms. The fraction of sp³-hybridized carbons (Fsp3) is 1.00. The Kier molecular flexibility index (Phi) is 24.0. The first-order valence-corrected chi connectivity index (χ1v) is 12.5. The number of unbranched alkanes of at least 4 members (excludes halogenated alkanes) is 16. The van der Waals surface area contributed by atoms with Crippen LogP contribution < -0.4 is 29.6 Å². The predicted molar refractivity (Wildman–Crippen MR) is 112 cm³/mol. The van der Waals surface area contributed by atoms with Crippen molar-refractivity contribution in [3.8, 4) is 0 Å². The van der Waals surface area contributed by atoms with Gasteiger partial charge in [-0.2, -0.15) is 8.42 Å². The van der Waals surface area contributed by atoms with E-state index < -0.39 is 15.6 Å². The Hall–Kier alpha value is 0.870. The molecule has 0 spiro atoms. The van der Waals surface area contributed by atoms with Crippen molar-refractivity contribution in [2.75, 3.05) is 6.61 Å². The van der Waals surface area contributed by atoms with Crippen molar-refractivity contribution in [1.29, 1.82) is 0 Å². The number of aliphatic hydroxyl groups excluding tert-OH is 1. The summed E-state index contributed by atoms with van der Waals surface area (Å²) in [6.45, 7) is 3.67. The molecular weight excluding hydrogens is 371 g/mol. The zero-order valence-corrected chi connectivity index (χ0v) is 21.2. The van der Waals surface area contributed by atoms with Crippen molar-refractivity contribution >= 4 is 10.1 Å². The second kappa shape index (κ2) is 21.6. The van der Waals surface area contributed by atoms with E-state index in [1.54, 1.807) is 0 Å². The van der Waals surface area contributed by atoms with Gasteiger partial charge in [-0.3, -0.25) is 4.18 Å². The Morgan fingerprint density at radius 1 is 0.704 bits per heavy atom. The van der Waals surface area contributed by atoms with E-state index in [4.69, 9.17) is 9.29 Å². The van der Waals surface area contributed by atoms with E-state index in [1.807, 2.05) is 0 Å². The van der Waals surface area contributed by atoms with Crippen molar-refractivity contribution in [2.24, 2.45) is 0 Å². The van der Waals surface area contributed by atoms with Crippen molar-refractivity contribution < 1.29 is 48.7 Å². The number of hydrogen-bond donors (Lipinski definition) is 1. The van der Waals surface area contributed by atoms with Crippen LogP contribution in [0, 0.1) is 0 Å². The first-order chi connectivity index (χ1) is 12.5. The fourth-order valence-corrected chi connectivity index (χ4v) is 3.65. The van der Waals surface area contributed by atoms with Crippen LogP contribution >= 0.6 is 0 Å². The molecule has 0 saturated carbocycles. The van der Waals surface area contributed by atoms with Crippen LogP contribution in [0.5, 0.6) is 0 Å². The van der Waals surface area contributed by atoms with Crippen molar-refractivity contribution in [3.63, 3.8) is 0 Å². The first-order valence-electron chi connectivity index (χ1n) is 11.1. The predicted octanol–water partition coefficient (Wildman–Crippen LogP) is 3.44. The largest absolute Gasteiger partial charge is 1.00 e. The average Bonchev–Trinajstić information content (AvgIpc) is 2.60. The van der Waals surface area contributed by atoms with Crippen LogP contribution in [-0.4, -0.2) is 25.6 Å². The SMILES string of the molecule is CCCCCCCCCCCCCCCCCCCOS(=O)(=O)C(C)O.[H-].[Na+]. The minimum atomic E-state index is -3.76. The molecule has 0 radical (unpaired) electrons. The molecule has 4 nitrogen and oxygen atoms in total. The van der Waals surface area contributed by atoms with E-state index in [0.29, 0.717) is 0 Å². The minimum absolute atomic E-state index is 0. The van der Waals surface area contributed by atoms with Gasteiger partial charge in [0.25, 0.3) is 10.1 Å². The smallest absolute Gasteiger partial charge is 1.00 e. The molecule has 0 amide bonds. The van der Waals surface area contributed by atoms with E-state index in [1.165, 1.54) is 96.8 Å². The molecule has 0 aliphatic carbocycles. The van der Waals surface area contributed by atoms with Gasteiger partial charge in [-0.05, 0) is 13.3 Å². The topological polar surface area (TPSA) is 63.6 Å². The fourth-order valence-electron chi connectivity index (χ4n) is 3.10. The normalized spacial score (nSPS) is 12.7. The van der Waals surface area contributed by atoms with E-state index in [2.05, 4.69) is 6.92 Å². The standard InChI is InChI=1S/C21H44O4S.Na.H/c1-3-4-5-6-7-8-9-10-11-12-13-14-15-16-17-18-19-20-25-26(23,24)21(2)22;;/h21-22H,3-20H2,1-2H3;;/q;+1;-1. The number of aliphatic hydroxyl groups is 1. The molecule has 0 aromatic carbocycles. The molecule has 1 N–H and O–H groups in total. The van der Waals surface area contributed by atoms with Crippen molar-refractivity contribution in [1.82, 2.24) is 0 Å². The summed E-state index contributed by atoms with van der Waals surface area (Å²) >= 11 is 0. The Labute approximate surface area is 193 Å². The minimum Gasteiger partial charge on any atom is -1.00 e. The summed E-state index contributed by atoms with van der Waals surface area (Å²) in [5.41, 5.74) is -1.44. The van der Waals surface area contributed by atoms with Gasteiger partial charge in [-0.15, -0.1) is 0 Å². The third-order valence-corrected chi connectivity index (χ3v) is 6.24. The summed E-state index contributed by atoms with van der Waals surface area (Å²) in [4.78, 5) is 0. The molecule has 0 aliphatic heterocycles. The third kappa shape index (κ3) is 21.4. The van der Waals surface area contributed by atoms with Gasteiger partial charge in [0.15, 0.2) is 5.44 Å². The maximum absolute atomic E-state index is 11.2. The molecule has 160 valence electrons. The molecule has 0 fully saturated rings. The van der Waals surface area contributed by atoms with E-state index in [-0.39, 0.29) is 37.6 Å². The van der Waals surface area contributed by atoms with E-state index in [9.17, 15) is 8.42 Å². The van der Waals surface area contributed by atoms with Gasteiger partial charge < -0.3 is 6.53 Å². The van der Waals surface area contributed by atoms with Gasteiger partial charge in [-0.1, -0.05) is 110 Å². The van der Waals surface area contributed by atoms with Gasteiger partial charge >= 0.3 is 29.6 Å². The monoisotopic (exact) mass is 416 g/mol. The van der Waals surface area contributed by atoms with E-state index >= 15 is 0 Å². The van der Waals surface area contributed by atoms with Crippen LogP contribution in [0.3, 0.4) is 0 Å². The summed E-state index contributed by atoms with van der Waals surface area (Å²) in [5, 5.41) is 9.01. The maximum atomic E-state index is 11.2. The average molecular weight is 417 g/mol. The molecule has 1 atom stereocenters. The van der Waals surface area contributed by atoms with Crippen molar-refractivity contribution in [2.45, 2.75) is 128 Å². The Bertz CT molecular complexity index is 392. The van der Waals surface area contributed by atoms with Gasteiger partial charge in [-0.25, -0.2) is 0 Å². The second-order valence-corrected chi connectivity index (χ2v) is 9.47. The summed E-state index contributed by atoms with van der Waals surface area (Å²) in [6.07, 6.45) is 22.1. The summed E-state index contributed by atoms with van der Waals surface area (Å²) < 4.78 is 27.2. The molecule has 1 unspecified atom stereocenters. The van der Waals surface area contributed by atoms with Crippen LogP contribution in [0.4, 0.5) is 0 Å². The second-order valence-electron chi connectivity index (χ2n) is 7.57. The van der Waals surface area contributed by atoms with Crippen LogP contribution in [0.2, 0.25) is 0 Å². The van der Waals surface area contributed by atoms with Crippen molar-refractivity contribution in [3.05, 3.63) is 0 Å². The first kappa shape index (κ1) is 30.1. The molecular formula is C21H45NaO4S. The Balaban J connectivity index is -0.00000312. The van der Waals surface area contributed by atoms with Gasteiger partial charge in [0.05, 0.1) is 6.61 Å². The third-order valence-electron chi connectivity index (χ3n) is 4.91. The number of rotatable bonds is 20. The molecule has 0 bridgehead atoms. The molecule has 0 heterocycles. The maximum Gasteiger partial charge on any atom is 1.00 e. The zero-order chi connectivity index (χ0) is 19.5. The van der Waals surface area contributed by atoms with Crippen LogP contribution in [0.15, 0.2) is 0 Å². The molecule has 0 rings (SSSR count). The quantitative estimate of drug-likeness (QED) is 0.188. The van der Waals surface area contributed by atoms with Gasteiger partial charge in [0, 0.05) is 0 Å². The molecule has 0 aromatic rings. The van der Waals surface area contributed by atoms with Crippen LogP contribution in [-0.2, 0) is 14.3 Å². The molecule has 6 heteroatoms. The van der Waals surface area contributed by atoms with Gasteiger partial charge in [0.2, 0.25) is 0 Å². The molecule has 0 aromatic heterocycles. The zero-order valence-electron chi connectivity index (χ0n) is 19.4.